The van der Waals surface area contributed by atoms with Crippen LogP contribution in [0.15, 0.2) is 140 Å². The molecule has 0 bridgehead atoms. The van der Waals surface area contributed by atoms with E-state index in [1.54, 1.807) is 11.1 Å². The Morgan fingerprint density at radius 1 is 0.474 bits per heavy atom. The first kappa shape index (κ1) is 26.9. The van der Waals surface area contributed by atoms with Gasteiger partial charge in [0.1, 0.15) is 0 Å². The second-order valence-corrected chi connectivity index (χ2v) is 16.7. The van der Waals surface area contributed by atoms with E-state index < -0.39 is 21.8 Å². The van der Waals surface area contributed by atoms with Crippen LogP contribution in [-0.2, 0) is 21.8 Å². The first-order chi connectivity index (χ1) is 17.9. The molecule has 2 aliphatic rings. The van der Waals surface area contributed by atoms with Crippen molar-refractivity contribution in [2.75, 3.05) is 0 Å². The van der Waals surface area contributed by atoms with Gasteiger partial charge in [0.05, 0.1) is 0 Å². The van der Waals surface area contributed by atoms with E-state index >= 15 is 0 Å². The summed E-state index contributed by atoms with van der Waals surface area (Å²) in [6.07, 6.45) is 4.95. The Morgan fingerprint density at radius 2 is 0.921 bits per heavy atom. The van der Waals surface area contributed by atoms with Crippen molar-refractivity contribution < 1.29 is 46.6 Å². The Morgan fingerprint density at radius 3 is 1.47 bits per heavy atom. The number of hydrogen-bond acceptors (Lipinski definition) is 0. The minimum Gasteiger partial charge on any atom is -1.00 e. The van der Waals surface area contributed by atoms with Crippen molar-refractivity contribution in [2.24, 2.45) is 0 Å². The first-order valence-electron chi connectivity index (χ1n) is 12.8. The molecule has 5 aromatic rings. The topological polar surface area (TPSA) is 0 Å². The van der Waals surface area contributed by atoms with Gasteiger partial charge in [0, 0.05) is 0 Å². The van der Waals surface area contributed by atoms with Crippen LogP contribution in [0.3, 0.4) is 0 Å². The van der Waals surface area contributed by atoms with E-state index in [9.17, 15) is 0 Å². The number of benzene rings is 5. The van der Waals surface area contributed by atoms with Gasteiger partial charge in [-0.15, -0.1) is 0 Å². The number of halogens is 2. The SMILES string of the molecule is C1=C[CH]([Zr+2]([CH](c2ccccc2)c2ccccc2)[CH]2c3ccccc3-c3ccccc32)c2ccccc21.[Cl-].[Cl-]. The van der Waals surface area contributed by atoms with Crippen molar-refractivity contribution in [3.8, 4) is 11.1 Å². The summed E-state index contributed by atoms with van der Waals surface area (Å²) in [7, 11) is 0. The molecule has 0 radical (unpaired) electrons. The molecule has 0 aliphatic heterocycles. The van der Waals surface area contributed by atoms with Gasteiger partial charge in [-0.05, 0) is 0 Å². The maximum Gasteiger partial charge on any atom is -1.00 e. The summed E-state index contributed by atoms with van der Waals surface area (Å²) in [6.45, 7) is 0. The Balaban J connectivity index is 0.00000147. The summed E-state index contributed by atoms with van der Waals surface area (Å²) in [4.78, 5) is 0. The second-order valence-electron chi connectivity index (χ2n) is 9.83. The molecule has 0 N–H and O–H groups in total. The zero-order valence-corrected chi connectivity index (χ0v) is 24.8. The van der Waals surface area contributed by atoms with Crippen molar-refractivity contribution in [1.82, 2.24) is 0 Å². The fourth-order valence-electron chi connectivity index (χ4n) is 6.45. The Bertz CT molecular complexity index is 1470. The number of fused-ring (bicyclic) bond motifs is 4. The van der Waals surface area contributed by atoms with E-state index in [0.717, 1.165) is 0 Å². The van der Waals surface area contributed by atoms with E-state index in [1.807, 2.05) is 0 Å². The van der Waals surface area contributed by atoms with E-state index in [4.69, 9.17) is 0 Å². The molecule has 0 saturated heterocycles. The summed E-state index contributed by atoms with van der Waals surface area (Å²) in [5.74, 6) is 0. The summed E-state index contributed by atoms with van der Waals surface area (Å²) in [5.41, 5.74) is 11.8. The number of allylic oxidation sites excluding steroid dienone is 1. The average molecular weight is 610 g/mol. The van der Waals surface area contributed by atoms with Crippen LogP contribution in [0, 0.1) is 0 Å². The van der Waals surface area contributed by atoms with Gasteiger partial charge in [-0.1, -0.05) is 0 Å². The molecule has 0 heterocycles. The molecule has 0 aromatic heterocycles. The number of hydrogen-bond donors (Lipinski definition) is 0. The van der Waals surface area contributed by atoms with Crippen LogP contribution in [0.25, 0.3) is 17.2 Å². The van der Waals surface area contributed by atoms with Crippen LogP contribution in [0.5, 0.6) is 0 Å². The van der Waals surface area contributed by atoms with E-state index in [1.165, 1.54) is 33.4 Å². The van der Waals surface area contributed by atoms with Crippen LogP contribution >= 0.6 is 0 Å². The molecule has 0 nitrogen and oxygen atoms in total. The predicted molar refractivity (Wildman–Crippen MR) is 147 cm³/mol. The van der Waals surface area contributed by atoms with Crippen molar-refractivity contribution in [3.63, 3.8) is 0 Å². The van der Waals surface area contributed by atoms with Crippen molar-refractivity contribution >= 4 is 6.08 Å². The first-order valence-corrected chi connectivity index (χ1v) is 17.1. The molecule has 5 aromatic carbocycles. The Hall–Kier alpha value is -2.70. The molecular weight excluding hydrogens is 583 g/mol. The molecule has 185 valence electrons. The van der Waals surface area contributed by atoms with Crippen LogP contribution in [0.4, 0.5) is 0 Å². The molecule has 38 heavy (non-hydrogen) atoms. The molecule has 1 atom stereocenters. The fourth-order valence-corrected chi connectivity index (χ4v) is 17.2. The Labute approximate surface area is 246 Å². The molecule has 0 saturated carbocycles. The van der Waals surface area contributed by atoms with Gasteiger partial charge in [0.25, 0.3) is 0 Å². The van der Waals surface area contributed by atoms with E-state index in [0.29, 0.717) is 10.9 Å². The standard InChI is InChI=1S/C13H9.C13H11.C9H7.2ClH.Zr/c1-3-7-12-10(5-1)9-11-6-2-4-8-13(11)12;1-3-7-12(8-4-1)11-13-9-5-2-6-10-13;1-2-5-9-7-3-6-8(9)4-1;;;/h1-9H;1-11H;1-7H;2*1H;/q;;;;;+2/p-2. The largest absolute Gasteiger partial charge is 1.00 e. The second kappa shape index (κ2) is 11.6. The maximum atomic E-state index is 2.56. The summed E-state index contributed by atoms with van der Waals surface area (Å²) >= 11 is -2.55. The van der Waals surface area contributed by atoms with Gasteiger partial charge in [0.2, 0.25) is 0 Å². The van der Waals surface area contributed by atoms with Gasteiger partial charge in [-0.25, -0.2) is 0 Å². The monoisotopic (exact) mass is 607 g/mol. The fraction of sp³-hybridized carbons (Fsp3) is 0.0857. The third-order valence-electron chi connectivity index (χ3n) is 7.92. The van der Waals surface area contributed by atoms with E-state index in [-0.39, 0.29) is 24.8 Å². The van der Waals surface area contributed by atoms with Gasteiger partial charge in [-0.3, -0.25) is 0 Å². The van der Waals surface area contributed by atoms with Crippen molar-refractivity contribution in [1.29, 1.82) is 0 Å². The summed E-state index contributed by atoms with van der Waals surface area (Å²) < 4.78 is 1.45. The average Bonchev–Trinajstić information content (AvgIpc) is 3.52. The molecular formula is C35H27Cl2Zr. The van der Waals surface area contributed by atoms with Crippen molar-refractivity contribution in [2.45, 2.75) is 10.9 Å². The van der Waals surface area contributed by atoms with Crippen LogP contribution in [0.2, 0.25) is 0 Å². The zero-order valence-electron chi connectivity index (χ0n) is 20.8. The summed E-state index contributed by atoms with van der Waals surface area (Å²) in [6, 6.07) is 50.2. The molecule has 0 fully saturated rings. The molecule has 0 amide bonds. The smallest absolute Gasteiger partial charge is 1.00 e. The minimum absolute atomic E-state index is 0. The number of rotatable bonds is 5. The zero-order chi connectivity index (χ0) is 23.9. The molecule has 7 rings (SSSR count). The van der Waals surface area contributed by atoms with Gasteiger partial charge < -0.3 is 24.8 Å². The van der Waals surface area contributed by atoms with Gasteiger partial charge in [-0.2, -0.15) is 0 Å². The van der Waals surface area contributed by atoms with Gasteiger partial charge >= 0.3 is 223 Å². The van der Waals surface area contributed by atoms with Crippen LogP contribution in [0.1, 0.15) is 44.3 Å². The van der Waals surface area contributed by atoms with Crippen LogP contribution in [-0.4, -0.2) is 0 Å². The minimum atomic E-state index is -2.55. The normalized spacial score (nSPS) is 14.7. The third-order valence-corrected chi connectivity index (χ3v) is 17.4. The predicted octanol–water partition coefficient (Wildman–Crippen LogP) is 2.94. The van der Waals surface area contributed by atoms with Crippen molar-refractivity contribution in [3.05, 3.63) is 173 Å². The Kier molecular flexibility index (Phi) is 8.20. The quantitative estimate of drug-likeness (QED) is 0.288. The molecule has 2 aliphatic carbocycles. The van der Waals surface area contributed by atoms with Gasteiger partial charge in [0.15, 0.2) is 0 Å². The summed E-state index contributed by atoms with van der Waals surface area (Å²) in [5, 5.41) is 0. The maximum absolute atomic E-state index is 2.56. The molecule has 1 unspecified atom stereocenters. The van der Waals surface area contributed by atoms with E-state index in [2.05, 4.69) is 146 Å². The third kappa shape index (κ3) is 4.56. The molecule has 3 heteroatoms. The molecule has 0 spiro atoms. The van der Waals surface area contributed by atoms with Crippen LogP contribution < -0.4 is 24.8 Å².